The van der Waals surface area contributed by atoms with Crippen LogP contribution in [0.1, 0.15) is 55.1 Å². The second-order valence-corrected chi connectivity index (χ2v) is 7.79. The molecule has 1 saturated carbocycles. The monoisotopic (exact) mass is 280 g/mol. The molecule has 0 radical (unpaired) electrons. The van der Waals surface area contributed by atoms with E-state index in [-0.39, 0.29) is 0 Å². The van der Waals surface area contributed by atoms with Crippen molar-refractivity contribution in [3.05, 3.63) is 15.6 Å². The highest BCUT2D eigenvalue weighted by Crippen LogP contribution is 2.35. The fourth-order valence-corrected chi connectivity index (χ4v) is 4.26. The van der Waals surface area contributed by atoms with Crippen molar-refractivity contribution in [2.75, 3.05) is 6.61 Å². The molecular weight excluding hydrogens is 256 g/mol. The van der Waals surface area contributed by atoms with Crippen LogP contribution in [0.15, 0.2) is 0 Å². The Labute approximate surface area is 119 Å². The van der Waals surface area contributed by atoms with Crippen LogP contribution in [0.3, 0.4) is 0 Å². The van der Waals surface area contributed by atoms with Crippen LogP contribution in [0, 0.1) is 5.41 Å². The molecule has 1 atom stereocenters. The number of fused-ring (bicyclic) bond motifs is 1. The highest BCUT2D eigenvalue weighted by atomic mass is 32.1. The number of nitrogens with one attached hydrogen (secondary N) is 1. The third kappa shape index (κ3) is 3.36. The lowest BCUT2D eigenvalue weighted by atomic mass is 9.75. The topological polar surface area (TPSA) is 34.2 Å². The zero-order valence-electron chi connectivity index (χ0n) is 12.0. The Morgan fingerprint density at radius 3 is 3.16 bits per heavy atom. The van der Waals surface area contributed by atoms with Crippen molar-refractivity contribution in [3.63, 3.8) is 0 Å². The molecule has 0 amide bonds. The molecule has 1 N–H and O–H groups in total. The molecule has 3 nitrogen and oxygen atoms in total. The maximum atomic E-state index is 5.48. The standard InChI is InChI=1S/C15H24N2OS/c1-15(2)6-3-4-11(8-15)16-9-14-17-12-5-7-18-10-13(12)19-14/h11,16H,3-10H2,1-2H3. The summed E-state index contributed by atoms with van der Waals surface area (Å²) in [5, 5.41) is 4.94. The Morgan fingerprint density at radius 2 is 2.37 bits per heavy atom. The summed E-state index contributed by atoms with van der Waals surface area (Å²) in [5.41, 5.74) is 1.78. The van der Waals surface area contributed by atoms with Crippen molar-refractivity contribution < 1.29 is 4.74 Å². The number of thiazole rings is 1. The molecule has 4 heteroatoms. The number of rotatable bonds is 3. The van der Waals surface area contributed by atoms with Crippen LogP contribution in [0.2, 0.25) is 0 Å². The number of nitrogens with zero attached hydrogens (tertiary/aromatic N) is 1. The van der Waals surface area contributed by atoms with Gasteiger partial charge in [0, 0.05) is 19.0 Å². The van der Waals surface area contributed by atoms with Gasteiger partial charge in [-0.25, -0.2) is 4.98 Å². The quantitative estimate of drug-likeness (QED) is 0.922. The molecule has 0 spiro atoms. The molecule has 1 aliphatic heterocycles. The van der Waals surface area contributed by atoms with Crippen LogP contribution in [0.25, 0.3) is 0 Å². The Hall–Kier alpha value is -0.450. The Morgan fingerprint density at radius 1 is 1.47 bits per heavy atom. The maximum absolute atomic E-state index is 5.48. The summed E-state index contributed by atoms with van der Waals surface area (Å²) in [6.07, 6.45) is 6.32. The van der Waals surface area contributed by atoms with Crippen molar-refractivity contribution >= 4 is 11.3 Å². The van der Waals surface area contributed by atoms with Crippen LogP contribution < -0.4 is 5.32 Å². The summed E-state index contributed by atoms with van der Waals surface area (Å²) >= 11 is 1.83. The third-order valence-electron chi connectivity index (χ3n) is 4.29. The minimum absolute atomic E-state index is 0.506. The van der Waals surface area contributed by atoms with Gasteiger partial charge in [0.05, 0.1) is 23.8 Å². The predicted octanol–water partition coefficient (Wildman–Crippen LogP) is 3.27. The number of hydrogen-bond donors (Lipinski definition) is 1. The Balaban J connectivity index is 1.55. The lowest BCUT2D eigenvalue weighted by Crippen LogP contribution is -2.36. The summed E-state index contributed by atoms with van der Waals surface area (Å²) in [6, 6.07) is 0.668. The Kier molecular flexibility index (Phi) is 3.92. The summed E-state index contributed by atoms with van der Waals surface area (Å²) in [7, 11) is 0. The molecule has 0 saturated heterocycles. The summed E-state index contributed by atoms with van der Waals surface area (Å²) in [4.78, 5) is 6.09. The largest absolute Gasteiger partial charge is 0.375 e. The zero-order chi connectivity index (χ0) is 13.3. The first-order valence-corrected chi connectivity index (χ1v) is 8.23. The number of hydrogen-bond acceptors (Lipinski definition) is 4. The zero-order valence-corrected chi connectivity index (χ0v) is 12.8. The van der Waals surface area contributed by atoms with Crippen molar-refractivity contribution in [1.82, 2.24) is 10.3 Å². The molecule has 1 fully saturated rings. The van der Waals surface area contributed by atoms with Gasteiger partial charge in [0.25, 0.3) is 0 Å². The van der Waals surface area contributed by atoms with E-state index in [4.69, 9.17) is 9.72 Å². The average molecular weight is 280 g/mol. The summed E-state index contributed by atoms with van der Waals surface area (Å²) in [6.45, 7) is 7.31. The smallest absolute Gasteiger partial charge is 0.107 e. The van der Waals surface area contributed by atoms with E-state index in [1.807, 2.05) is 11.3 Å². The molecule has 1 aromatic heterocycles. The molecule has 1 aromatic rings. The van der Waals surface area contributed by atoms with Gasteiger partial charge in [0.2, 0.25) is 0 Å². The van der Waals surface area contributed by atoms with Crippen LogP contribution in [0.5, 0.6) is 0 Å². The first-order chi connectivity index (χ1) is 9.12. The van der Waals surface area contributed by atoms with Crippen LogP contribution in [0.4, 0.5) is 0 Å². The lowest BCUT2D eigenvalue weighted by molar-refractivity contribution is 0.112. The second-order valence-electron chi connectivity index (χ2n) is 6.62. The van der Waals surface area contributed by atoms with Gasteiger partial charge in [-0.2, -0.15) is 0 Å². The Bertz CT molecular complexity index is 418. The van der Waals surface area contributed by atoms with E-state index in [2.05, 4.69) is 19.2 Å². The van der Waals surface area contributed by atoms with E-state index in [0.717, 1.165) is 26.2 Å². The summed E-state index contributed by atoms with van der Waals surface area (Å²) < 4.78 is 5.48. The third-order valence-corrected chi connectivity index (χ3v) is 5.36. The maximum Gasteiger partial charge on any atom is 0.107 e. The molecule has 0 bridgehead atoms. The van der Waals surface area contributed by atoms with Gasteiger partial charge in [-0.1, -0.05) is 20.3 Å². The highest BCUT2D eigenvalue weighted by Gasteiger charge is 2.27. The van der Waals surface area contributed by atoms with E-state index in [0.29, 0.717) is 11.5 Å². The molecule has 106 valence electrons. The lowest BCUT2D eigenvalue weighted by Gasteiger charge is -2.35. The first-order valence-electron chi connectivity index (χ1n) is 7.41. The van der Waals surface area contributed by atoms with Crippen LogP contribution in [-0.2, 0) is 24.3 Å². The summed E-state index contributed by atoms with van der Waals surface area (Å²) in [5.74, 6) is 0. The fourth-order valence-electron chi connectivity index (χ4n) is 3.26. The van der Waals surface area contributed by atoms with Gasteiger partial charge in [0.15, 0.2) is 0 Å². The minimum atomic E-state index is 0.506. The normalized spacial score (nSPS) is 26.1. The molecule has 3 rings (SSSR count). The molecule has 2 aliphatic rings. The van der Waals surface area contributed by atoms with Gasteiger partial charge in [-0.15, -0.1) is 11.3 Å². The number of aromatic nitrogens is 1. The second kappa shape index (κ2) is 5.51. The minimum Gasteiger partial charge on any atom is -0.375 e. The van der Waals surface area contributed by atoms with E-state index in [1.54, 1.807) is 0 Å². The highest BCUT2D eigenvalue weighted by molar-refractivity contribution is 7.11. The molecule has 19 heavy (non-hydrogen) atoms. The van der Waals surface area contributed by atoms with Crippen molar-refractivity contribution in [2.45, 2.75) is 65.1 Å². The van der Waals surface area contributed by atoms with Crippen molar-refractivity contribution in [3.8, 4) is 0 Å². The van der Waals surface area contributed by atoms with Crippen LogP contribution in [-0.4, -0.2) is 17.6 Å². The first kappa shape index (κ1) is 13.5. The molecule has 2 heterocycles. The van der Waals surface area contributed by atoms with Crippen LogP contribution >= 0.6 is 11.3 Å². The predicted molar refractivity (Wildman–Crippen MR) is 78.4 cm³/mol. The van der Waals surface area contributed by atoms with E-state index in [1.165, 1.54) is 41.3 Å². The van der Waals surface area contributed by atoms with Gasteiger partial charge in [-0.05, 0) is 24.7 Å². The van der Waals surface area contributed by atoms with Crippen molar-refractivity contribution in [1.29, 1.82) is 0 Å². The molecule has 0 aromatic carbocycles. The van der Waals surface area contributed by atoms with Crippen molar-refractivity contribution in [2.24, 2.45) is 5.41 Å². The average Bonchev–Trinajstić information content (AvgIpc) is 2.78. The van der Waals surface area contributed by atoms with Gasteiger partial charge < -0.3 is 10.1 Å². The molecule has 1 aliphatic carbocycles. The molecular formula is C15H24N2OS. The molecule has 1 unspecified atom stereocenters. The SMILES string of the molecule is CC1(C)CCCC(NCc2nc3c(s2)COCC3)C1. The van der Waals surface area contributed by atoms with Gasteiger partial charge in [0.1, 0.15) is 5.01 Å². The van der Waals surface area contributed by atoms with Gasteiger partial charge in [-0.3, -0.25) is 0 Å². The van der Waals surface area contributed by atoms with Gasteiger partial charge >= 0.3 is 0 Å². The fraction of sp³-hybridized carbons (Fsp3) is 0.800. The number of ether oxygens (including phenoxy) is 1. The van der Waals surface area contributed by atoms with E-state index < -0.39 is 0 Å². The van der Waals surface area contributed by atoms with E-state index >= 15 is 0 Å². The van der Waals surface area contributed by atoms with E-state index in [9.17, 15) is 0 Å².